The molecule has 2 rings (SSSR count). The number of rotatable bonds is 3. The number of carbonyl (C=O) groups excluding carboxylic acids is 1. The monoisotopic (exact) mass is 367 g/mol. The number of nitrogens with one attached hydrogen (secondary N) is 3. The van der Waals surface area contributed by atoms with Crippen LogP contribution >= 0.6 is 35.4 Å². The summed E-state index contributed by atoms with van der Waals surface area (Å²) < 4.78 is 0. The van der Waals surface area contributed by atoms with Gasteiger partial charge in [0, 0.05) is 18.3 Å². The first kappa shape index (κ1) is 17.5. The lowest BCUT2D eigenvalue weighted by molar-refractivity contribution is -0.114. The summed E-state index contributed by atoms with van der Waals surface area (Å²) in [5, 5.41) is 10.1. The molecule has 4 nitrogen and oxygen atoms in total. The van der Waals surface area contributed by atoms with E-state index < -0.39 is 0 Å². The zero-order valence-electron chi connectivity index (χ0n) is 12.5. The molecular formula is C16H15Cl2N3OS. The first-order chi connectivity index (χ1) is 10.9. The third-order valence-electron chi connectivity index (χ3n) is 2.99. The van der Waals surface area contributed by atoms with E-state index in [4.69, 9.17) is 35.4 Å². The Kier molecular flexibility index (Phi) is 5.82. The summed E-state index contributed by atoms with van der Waals surface area (Å²) >= 11 is 17.6. The Balaban J connectivity index is 2.02. The standard InChI is InChI=1S/C16H15Cl2N3OS/c1-9-3-8-13(15(18)14(9)17)21-16(23)20-12-6-4-11(5-7-12)19-10(2)22/h3-8H,1-2H3,(H,19,22)(H2,20,21,23). The molecule has 2 aromatic rings. The zero-order chi connectivity index (χ0) is 17.0. The van der Waals surface area contributed by atoms with Crippen molar-refractivity contribution >= 4 is 63.5 Å². The molecule has 0 spiro atoms. The summed E-state index contributed by atoms with van der Waals surface area (Å²) in [5.74, 6) is -0.117. The van der Waals surface area contributed by atoms with Gasteiger partial charge in [0.05, 0.1) is 15.7 Å². The summed E-state index contributed by atoms with van der Waals surface area (Å²) in [6.45, 7) is 3.34. The Morgan fingerprint density at radius 3 is 2.04 bits per heavy atom. The third-order valence-corrected chi connectivity index (χ3v) is 4.17. The molecule has 0 bridgehead atoms. The van der Waals surface area contributed by atoms with E-state index in [2.05, 4.69) is 16.0 Å². The van der Waals surface area contributed by atoms with Gasteiger partial charge in [-0.1, -0.05) is 29.3 Å². The van der Waals surface area contributed by atoms with Crippen LogP contribution in [-0.2, 0) is 4.79 Å². The Bertz CT molecular complexity index is 748. The largest absolute Gasteiger partial charge is 0.332 e. The minimum Gasteiger partial charge on any atom is -0.332 e. The molecule has 2 aromatic carbocycles. The van der Waals surface area contributed by atoms with Crippen molar-refractivity contribution < 1.29 is 4.79 Å². The molecular weight excluding hydrogens is 353 g/mol. The highest BCUT2D eigenvalue weighted by atomic mass is 35.5. The van der Waals surface area contributed by atoms with Crippen LogP contribution in [0.15, 0.2) is 36.4 Å². The van der Waals surface area contributed by atoms with Gasteiger partial charge in [-0.15, -0.1) is 0 Å². The van der Waals surface area contributed by atoms with Crippen molar-refractivity contribution in [3.63, 3.8) is 0 Å². The highest BCUT2D eigenvalue weighted by Crippen LogP contribution is 2.32. The molecule has 0 aliphatic heterocycles. The van der Waals surface area contributed by atoms with Gasteiger partial charge >= 0.3 is 0 Å². The zero-order valence-corrected chi connectivity index (χ0v) is 14.9. The van der Waals surface area contributed by atoms with Gasteiger partial charge in [-0.05, 0) is 55.0 Å². The molecule has 0 aliphatic carbocycles. The fourth-order valence-electron chi connectivity index (χ4n) is 1.87. The first-order valence-electron chi connectivity index (χ1n) is 6.77. The maximum atomic E-state index is 11.0. The lowest BCUT2D eigenvalue weighted by Crippen LogP contribution is -2.19. The van der Waals surface area contributed by atoms with E-state index in [1.54, 1.807) is 12.1 Å². The van der Waals surface area contributed by atoms with Gasteiger partial charge in [0.1, 0.15) is 0 Å². The van der Waals surface area contributed by atoms with E-state index in [9.17, 15) is 4.79 Å². The summed E-state index contributed by atoms with van der Waals surface area (Å²) in [7, 11) is 0. The second-order valence-electron chi connectivity index (χ2n) is 4.90. The topological polar surface area (TPSA) is 53.2 Å². The molecule has 1 amide bonds. The number of thiocarbonyl (C=S) groups is 1. The fourth-order valence-corrected chi connectivity index (χ4v) is 2.52. The highest BCUT2D eigenvalue weighted by Gasteiger charge is 2.09. The van der Waals surface area contributed by atoms with Crippen LogP contribution in [0.5, 0.6) is 0 Å². The predicted octanol–water partition coefficient (Wildman–Crippen LogP) is 5.07. The Hall–Kier alpha value is -1.82. The normalized spacial score (nSPS) is 10.1. The summed E-state index contributed by atoms with van der Waals surface area (Å²) in [6, 6.07) is 10.9. The minimum absolute atomic E-state index is 0.117. The molecule has 0 unspecified atom stereocenters. The number of amides is 1. The van der Waals surface area contributed by atoms with E-state index >= 15 is 0 Å². The lowest BCUT2D eigenvalue weighted by Gasteiger charge is -2.13. The van der Waals surface area contributed by atoms with Crippen LogP contribution in [-0.4, -0.2) is 11.0 Å². The van der Waals surface area contributed by atoms with Gasteiger partial charge in [-0.25, -0.2) is 0 Å². The van der Waals surface area contributed by atoms with Gasteiger partial charge in [-0.2, -0.15) is 0 Å². The van der Waals surface area contributed by atoms with Crippen LogP contribution in [0.2, 0.25) is 10.0 Å². The van der Waals surface area contributed by atoms with Crippen molar-refractivity contribution in [3.05, 3.63) is 52.0 Å². The van der Waals surface area contributed by atoms with E-state index in [1.165, 1.54) is 6.92 Å². The predicted molar refractivity (Wildman–Crippen MR) is 102 cm³/mol. The van der Waals surface area contributed by atoms with Crippen LogP contribution in [0, 0.1) is 6.92 Å². The van der Waals surface area contributed by atoms with Crippen molar-refractivity contribution in [2.75, 3.05) is 16.0 Å². The van der Waals surface area contributed by atoms with Crippen molar-refractivity contribution in [1.29, 1.82) is 0 Å². The number of carbonyl (C=O) groups is 1. The smallest absolute Gasteiger partial charge is 0.221 e. The van der Waals surface area contributed by atoms with E-state index in [0.717, 1.165) is 16.9 Å². The van der Waals surface area contributed by atoms with E-state index in [1.807, 2.05) is 31.2 Å². The molecule has 7 heteroatoms. The molecule has 23 heavy (non-hydrogen) atoms. The number of hydrogen-bond acceptors (Lipinski definition) is 2. The number of aryl methyl sites for hydroxylation is 1. The average molecular weight is 368 g/mol. The maximum absolute atomic E-state index is 11.0. The second-order valence-corrected chi connectivity index (χ2v) is 6.06. The molecule has 120 valence electrons. The van der Waals surface area contributed by atoms with Gasteiger partial charge < -0.3 is 16.0 Å². The summed E-state index contributed by atoms with van der Waals surface area (Å²) in [4.78, 5) is 11.0. The number of anilines is 3. The van der Waals surface area contributed by atoms with Crippen LogP contribution < -0.4 is 16.0 Å². The van der Waals surface area contributed by atoms with Crippen LogP contribution in [0.3, 0.4) is 0 Å². The first-order valence-corrected chi connectivity index (χ1v) is 7.93. The fraction of sp³-hybridized carbons (Fsp3) is 0.125. The highest BCUT2D eigenvalue weighted by molar-refractivity contribution is 7.80. The van der Waals surface area contributed by atoms with Crippen molar-refractivity contribution in [2.24, 2.45) is 0 Å². The molecule has 0 aliphatic rings. The van der Waals surface area contributed by atoms with Gasteiger partial charge in [0.25, 0.3) is 0 Å². The van der Waals surface area contributed by atoms with E-state index in [-0.39, 0.29) is 5.91 Å². The minimum atomic E-state index is -0.117. The van der Waals surface area contributed by atoms with Gasteiger partial charge in [-0.3, -0.25) is 4.79 Å². The van der Waals surface area contributed by atoms with Crippen molar-refractivity contribution in [1.82, 2.24) is 0 Å². The van der Waals surface area contributed by atoms with E-state index in [0.29, 0.717) is 20.8 Å². The van der Waals surface area contributed by atoms with Gasteiger partial charge in [0.2, 0.25) is 5.91 Å². The maximum Gasteiger partial charge on any atom is 0.221 e. The number of benzene rings is 2. The molecule has 0 aromatic heterocycles. The Labute approximate surface area is 150 Å². The average Bonchev–Trinajstić information content (AvgIpc) is 2.49. The Morgan fingerprint density at radius 1 is 0.913 bits per heavy atom. The van der Waals surface area contributed by atoms with Crippen LogP contribution in [0.1, 0.15) is 12.5 Å². The summed E-state index contributed by atoms with van der Waals surface area (Å²) in [6.07, 6.45) is 0. The van der Waals surface area contributed by atoms with Crippen molar-refractivity contribution in [2.45, 2.75) is 13.8 Å². The van der Waals surface area contributed by atoms with Gasteiger partial charge in [0.15, 0.2) is 5.11 Å². The molecule has 0 fully saturated rings. The van der Waals surface area contributed by atoms with Crippen molar-refractivity contribution in [3.8, 4) is 0 Å². The Morgan fingerprint density at radius 2 is 1.48 bits per heavy atom. The second kappa shape index (κ2) is 7.64. The third kappa shape index (κ3) is 4.82. The molecule has 0 heterocycles. The summed E-state index contributed by atoms with van der Waals surface area (Å²) in [5.41, 5.74) is 3.03. The number of hydrogen-bond donors (Lipinski definition) is 3. The molecule has 0 saturated carbocycles. The lowest BCUT2D eigenvalue weighted by atomic mass is 10.2. The molecule has 0 radical (unpaired) electrons. The quantitative estimate of drug-likeness (QED) is 0.662. The van der Waals surface area contributed by atoms with Crippen LogP contribution in [0.4, 0.5) is 17.1 Å². The molecule has 0 saturated heterocycles. The molecule has 3 N–H and O–H groups in total. The number of halogens is 2. The molecule has 0 atom stereocenters. The van der Waals surface area contributed by atoms with Crippen LogP contribution in [0.25, 0.3) is 0 Å². The SMILES string of the molecule is CC(=O)Nc1ccc(NC(=S)Nc2ccc(C)c(Cl)c2Cl)cc1.